The van der Waals surface area contributed by atoms with E-state index in [-0.39, 0.29) is 18.1 Å². The van der Waals surface area contributed by atoms with Crippen molar-refractivity contribution in [1.29, 1.82) is 0 Å². The Kier molecular flexibility index (Phi) is 7.06. The third-order valence-corrected chi connectivity index (χ3v) is 7.76. The van der Waals surface area contributed by atoms with Gasteiger partial charge in [0, 0.05) is 5.75 Å². The van der Waals surface area contributed by atoms with Crippen LogP contribution < -0.4 is 5.32 Å². The molecule has 2 fully saturated rings. The zero-order valence-electron chi connectivity index (χ0n) is 19.4. The molecule has 2 aliphatic rings. The van der Waals surface area contributed by atoms with Gasteiger partial charge in [0.1, 0.15) is 11.4 Å². The van der Waals surface area contributed by atoms with Crippen molar-refractivity contribution < 1.29 is 24.2 Å². The van der Waals surface area contributed by atoms with Gasteiger partial charge in [-0.2, -0.15) is 0 Å². The second-order valence-corrected chi connectivity index (χ2v) is 9.98. The quantitative estimate of drug-likeness (QED) is 0.381. The van der Waals surface area contributed by atoms with E-state index >= 15 is 0 Å². The Balaban J connectivity index is 1.30. The highest BCUT2D eigenvalue weighted by Crippen LogP contribution is 2.39. The van der Waals surface area contributed by atoms with Crippen LogP contribution in [0.15, 0.2) is 91.0 Å². The number of nitrogens with zero attached hydrogens (tertiary/aromatic N) is 1. The van der Waals surface area contributed by atoms with Gasteiger partial charge in [-0.1, -0.05) is 91.0 Å². The summed E-state index contributed by atoms with van der Waals surface area (Å²) in [5.41, 5.74) is 2.42. The molecular weight excluding hydrogens is 476 g/mol. The summed E-state index contributed by atoms with van der Waals surface area (Å²) in [5, 5.41) is 13.0. The van der Waals surface area contributed by atoms with Crippen molar-refractivity contribution >= 4 is 29.5 Å². The van der Waals surface area contributed by atoms with Gasteiger partial charge in [-0.25, -0.2) is 4.79 Å². The molecule has 0 bridgehead atoms. The number of aliphatic hydroxyl groups excluding tert-OH is 1. The number of fused-ring (bicyclic) bond motifs is 1. The molecule has 3 aromatic rings. The molecule has 0 spiro atoms. The van der Waals surface area contributed by atoms with E-state index < -0.39 is 41.5 Å². The molecule has 2 N–H and O–H groups in total. The van der Waals surface area contributed by atoms with Crippen molar-refractivity contribution in [3.63, 3.8) is 0 Å². The fourth-order valence-corrected chi connectivity index (χ4v) is 5.96. The standard InChI is InChI=1S/C28H26N2O5S/c31-21-17-36-27-23(29-22(32)16-18-10-4-1-5-11-18)26(33)30(27)24(21)28(34)35-25(19-12-6-2-7-13-19)20-14-8-3-9-15-20/h1-15,21,23-25,27,31H,16-17H2,(H,29,32)/t21?,23-,24-,27-/m1/s1. The molecule has 5 rings (SSSR count). The minimum Gasteiger partial charge on any atom is -0.451 e. The molecule has 7 nitrogen and oxygen atoms in total. The first-order chi connectivity index (χ1) is 17.5. The number of esters is 1. The lowest BCUT2D eigenvalue weighted by Crippen LogP contribution is -2.76. The lowest BCUT2D eigenvalue weighted by molar-refractivity contribution is -0.173. The number of benzene rings is 3. The number of carbonyl (C=O) groups excluding carboxylic acids is 3. The van der Waals surface area contributed by atoms with Gasteiger partial charge in [0.2, 0.25) is 11.8 Å². The van der Waals surface area contributed by atoms with E-state index in [1.165, 1.54) is 16.7 Å². The van der Waals surface area contributed by atoms with E-state index in [4.69, 9.17) is 4.74 Å². The van der Waals surface area contributed by atoms with Crippen LogP contribution in [0, 0.1) is 0 Å². The third kappa shape index (κ3) is 4.87. The predicted octanol–water partition coefficient (Wildman–Crippen LogP) is 2.69. The topological polar surface area (TPSA) is 95.9 Å². The van der Waals surface area contributed by atoms with Crippen LogP contribution in [-0.4, -0.2) is 57.1 Å². The van der Waals surface area contributed by atoms with E-state index in [9.17, 15) is 19.5 Å². The number of aliphatic hydroxyl groups is 1. The van der Waals surface area contributed by atoms with Crippen LogP contribution in [0.25, 0.3) is 0 Å². The third-order valence-electron chi connectivity index (χ3n) is 6.39. The fourth-order valence-electron chi connectivity index (χ4n) is 4.61. The average molecular weight is 503 g/mol. The van der Waals surface area contributed by atoms with Crippen LogP contribution in [0.2, 0.25) is 0 Å². The number of ether oxygens (including phenoxy) is 1. The SMILES string of the molecule is O=C(Cc1ccccc1)N[C@@H]1C(=O)N2[C@@H]1SCC(O)[C@@H]2C(=O)OC(c1ccccc1)c1ccccc1. The number of hydrogen-bond acceptors (Lipinski definition) is 6. The van der Waals surface area contributed by atoms with Gasteiger partial charge in [-0.3, -0.25) is 9.59 Å². The normalized spacial score (nSPS) is 22.9. The molecule has 0 saturated carbocycles. The van der Waals surface area contributed by atoms with Gasteiger partial charge in [-0.15, -0.1) is 11.8 Å². The number of β-lactam (4-membered cyclic amide) rings is 1. The highest BCUT2D eigenvalue weighted by Gasteiger charge is 2.58. The monoisotopic (exact) mass is 502 g/mol. The molecule has 8 heteroatoms. The van der Waals surface area contributed by atoms with Gasteiger partial charge < -0.3 is 20.1 Å². The zero-order chi connectivity index (χ0) is 25.1. The van der Waals surface area contributed by atoms with E-state index in [1.807, 2.05) is 91.0 Å². The smallest absolute Gasteiger partial charge is 0.332 e. The first-order valence-corrected chi connectivity index (χ1v) is 12.8. The largest absolute Gasteiger partial charge is 0.451 e. The number of hydrogen-bond donors (Lipinski definition) is 2. The van der Waals surface area contributed by atoms with Crippen molar-refractivity contribution in [3.05, 3.63) is 108 Å². The highest BCUT2D eigenvalue weighted by molar-refractivity contribution is 8.00. The van der Waals surface area contributed by atoms with Gasteiger partial charge in [-0.05, 0) is 16.7 Å². The Morgan fingerprint density at radius 3 is 2.08 bits per heavy atom. The van der Waals surface area contributed by atoms with Crippen molar-refractivity contribution in [2.24, 2.45) is 0 Å². The summed E-state index contributed by atoms with van der Waals surface area (Å²) in [6, 6.07) is 26.1. The van der Waals surface area contributed by atoms with Gasteiger partial charge in [0.15, 0.2) is 12.1 Å². The molecule has 2 aliphatic heterocycles. The van der Waals surface area contributed by atoms with Crippen LogP contribution in [0.4, 0.5) is 0 Å². The Bertz CT molecular complexity index is 1180. The lowest BCUT2D eigenvalue weighted by Gasteiger charge is -2.53. The van der Waals surface area contributed by atoms with E-state index in [2.05, 4.69) is 5.32 Å². The van der Waals surface area contributed by atoms with Crippen LogP contribution in [0.5, 0.6) is 0 Å². The first-order valence-electron chi connectivity index (χ1n) is 11.8. The molecular formula is C28H26N2O5S. The molecule has 2 heterocycles. The molecule has 0 aromatic heterocycles. The number of nitrogens with one attached hydrogen (secondary N) is 1. The maximum atomic E-state index is 13.4. The summed E-state index contributed by atoms with van der Waals surface area (Å²) in [4.78, 5) is 40.3. The second kappa shape index (κ2) is 10.6. The molecule has 2 amide bonds. The predicted molar refractivity (Wildman–Crippen MR) is 136 cm³/mol. The van der Waals surface area contributed by atoms with Gasteiger partial charge in [0.05, 0.1) is 12.5 Å². The molecule has 1 unspecified atom stereocenters. The zero-order valence-corrected chi connectivity index (χ0v) is 20.2. The van der Waals surface area contributed by atoms with Gasteiger partial charge in [0.25, 0.3) is 0 Å². The fraction of sp³-hybridized carbons (Fsp3) is 0.250. The van der Waals surface area contributed by atoms with Crippen molar-refractivity contribution in [2.75, 3.05) is 5.75 Å². The minimum atomic E-state index is -1.14. The highest BCUT2D eigenvalue weighted by atomic mass is 32.2. The van der Waals surface area contributed by atoms with Crippen LogP contribution >= 0.6 is 11.8 Å². The molecule has 0 aliphatic carbocycles. The molecule has 36 heavy (non-hydrogen) atoms. The summed E-state index contributed by atoms with van der Waals surface area (Å²) >= 11 is 1.35. The number of carbonyl (C=O) groups is 3. The summed E-state index contributed by atoms with van der Waals surface area (Å²) in [6.07, 6.45) is -1.60. The van der Waals surface area contributed by atoms with Crippen molar-refractivity contribution in [3.8, 4) is 0 Å². The molecule has 2 saturated heterocycles. The Labute approximate surface area is 213 Å². The number of rotatable bonds is 7. The summed E-state index contributed by atoms with van der Waals surface area (Å²) in [6.45, 7) is 0. The Hall–Kier alpha value is -3.62. The van der Waals surface area contributed by atoms with Gasteiger partial charge >= 0.3 is 5.97 Å². The van der Waals surface area contributed by atoms with Crippen LogP contribution in [0.3, 0.4) is 0 Å². The number of thioether (sulfide) groups is 1. The van der Waals surface area contributed by atoms with Crippen molar-refractivity contribution in [2.45, 2.75) is 36.1 Å². The maximum Gasteiger partial charge on any atom is 0.332 e. The Morgan fingerprint density at radius 1 is 0.944 bits per heavy atom. The molecule has 3 aromatic carbocycles. The number of amides is 2. The second-order valence-electron chi connectivity index (χ2n) is 8.83. The Morgan fingerprint density at radius 2 is 1.50 bits per heavy atom. The summed E-state index contributed by atoms with van der Waals surface area (Å²) in [7, 11) is 0. The average Bonchev–Trinajstić information content (AvgIpc) is 2.91. The first kappa shape index (κ1) is 24.1. The van der Waals surface area contributed by atoms with E-state index in [0.717, 1.165) is 16.7 Å². The van der Waals surface area contributed by atoms with E-state index in [1.54, 1.807) is 0 Å². The summed E-state index contributed by atoms with van der Waals surface area (Å²) < 4.78 is 5.94. The van der Waals surface area contributed by atoms with Crippen LogP contribution in [0.1, 0.15) is 22.8 Å². The molecule has 184 valence electrons. The van der Waals surface area contributed by atoms with E-state index in [0.29, 0.717) is 0 Å². The maximum absolute atomic E-state index is 13.4. The van der Waals surface area contributed by atoms with Crippen molar-refractivity contribution in [1.82, 2.24) is 10.2 Å². The lowest BCUT2D eigenvalue weighted by atomic mass is 9.98. The van der Waals surface area contributed by atoms with Crippen LogP contribution in [-0.2, 0) is 25.5 Å². The molecule has 4 atom stereocenters. The molecule has 0 radical (unpaired) electrons. The minimum absolute atomic E-state index is 0.159. The summed E-state index contributed by atoms with van der Waals surface area (Å²) in [5.74, 6) is -1.09.